The van der Waals surface area contributed by atoms with Crippen molar-refractivity contribution < 1.29 is 4.74 Å². The fourth-order valence-electron chi connectivity index (χ4n) is 0.810. The number of methoxy groups -OCH3 is 1. The van der Waals surface area contributed by atoms with Crippen LogP contribution in [0, 0.1) is 0 Å². The van der Waals surface area contributed by atoms with Gasteiger partial charge >= 0.3 is 0 Å². The molecule has 0 aliphatic rings. The predicted molar refractivity (Wildman–Crippen MR) is 43.7 cm³/mol. The first-order valence-corrected chi connectivity index (χ1v) is 3.53. The summed E-state index contributed by atoms with van der Waals surface area (Å²) in [6, 6.07) is 0. The summed E-state index contributed by atoms with van der Waals surface area (Å²) in [5.41, 5.74) is 1.09. The molecule has 1 heterocycles. The first-order chi connectivity index (χ1) is 5.34. The van der Waals surface area contributed by atoms with Crippen molar-refractivity contribution in [3.05, 3.63) is 12.4 Å². The van der Waals surface area contributed by atoms with E-state index in [4.69, 9.17) is 4.74 Å². The van der Waals surface area contributed by atoms with Crippen LogP contribution in [0.25, 0.3) is 0 Å². The molecule has 0 saturated heterocycles. The molecule has 4 nitrogen and oxygen atoms in total. The molecule has 1 aromatic heterocycles. The maximum Gasteiger partial charge on any atom is 0.0747 e. The Labute approximate surface area is 66.2 Å². The van der Waals surface area contributed by atoms with Crippen molar-refractivity contribution in [3.8, 4) is 0 Å². The Hall–Kier alpha value is -1.03. The van der Waals surface area contributed by atoms with Crippen molar-refractivity contribution in [1.29, 1.82) is 0 Å². The average molecular weight is 155 g/mol. The molecule has 0 amide bonds. The van der Waals surface area contributed by atoms with Crippen molar-refractivity contribution in [2.24, 2.45) is 0 Å². The minimum absolute atomic E-state index is 0.738. The molecule has 0 bridgehead atoms. The molecule has 62 valence electrons. The first kappa shape index (κ1) is 8.07. The second-order valence-corrected chi connectivity index (χ2v) is 2.37. The van der Waals surface area contributed by atoms with Gasteiger partial charge in [0.1, 0.15) is 0 Å². The minimum atomic E-state index is 0.738. The fourth-order valence-corrected chi connectivity index (χ4v) is 0.810. The van der Waals surface area contributed by atoms with Gasteiger partial charge < -0.3 is 9.64 Å². The van der Waals surface area contributed by atoms with Crippen LogP contribution in [0.1, 0.15) is 0 Å². The van der Waals surface area contributed by atoms with Crippen molar-refractivity contribution >= 4 is 5.69 Å². The van der Waals surface area contributed by atoms with Crippen LogP contribution >= 0.6 is 0 Å². The summed E-state index contributed by atoms with van der Waals surface area (Å²) in [6.45, 7) is 1.62. The molecule has 0 spiro atoms. The molecule has 1 aromatic rings. The Morgan fingerprint density at radius 3 is 3.09 bits per heavy atom. The summed E-state index contributed by atoms with van der Waals surface area (Å²) < 4.78 is 4.94. The average Bonchev–Trinajstić information content (AvgIpc) is 2.52. The number of likely N-dealkylation sites (N-methyl/N-ethyl adjacent to an activating group) is 1. The smallest absolute Gasteiger partial charge is 0.0747 e. The van der Waals surface area contributed by atoms with Crippen LogP contribution in [0.2, 0.25) is 0 Å². The van der Waals surface area contributed by atoms with Crippen molar-refractivity contribution in [1.82, 2.24) is 10.2 Å². The highest BCUT2D eigenvalue weighted by molar-refractivity contribution is 5.40. The van der Waals surface area contributed by atoms with Crippen LogP contribution in [0.3, 0.4) is 0 Å². The number of hydrogen-bond acceptors (Lipinski definition) is 3. The second-order valence-electron chi connectivity index (χ2n) is 2.37. The fraction of sp³-hybridized carbons (Fsp3) is 0.571. The number of H-pyrrole nitrogens is 1. The Kier molecular flexibility index (Phi) is 2.92. The largest absolute Gasteiger partial charge is 0.383 e. The van der Waals surface area contributed by atoms with Crippen LogP contribution in [0.5, 0.6) is 0 Å². The van der Waals surface area contributed by atoms with Gasteiger partial charge in [-0.15, -0.1) is 0 Å². The number of aromatic amines is 1. The van der Waals surface area contributed by atoms with E-state index >= 15 is 0 Å². The van der Waals surface area contributed by atoms with E-state index in [1.807, 2.05) is 13.2 Å². The molecular formula is C7H13N3O. The molecule has 0 aromatic carbocycles. The van der Waals surface area contributed by atoms with Gasteiger partial charge in [-0.1, -0.05) is 0 Å². The lowest BCUT2D eigenvalue weighted by atomic mass is 10.5. The molecule has 1 N–H and O–H groups in total. The van der Waals surface area contributed by atoms with Crippen molar-refractivity contribution in [3.63, 3.8) is 0 Å². The summed E-state index contributed by atoms with van der Waals surface area (Å²) in [5, 5.41) is 6.60. The van der Waals surface area contributed by atoms with Crippen LogP contribution in [-0.4, -0.2) is 37.5 Å². The zero-order valence-corrected chi connectivity index (χ0v) is 6.87. The summed E-state index contributed by atoms with van der Waals surface area (Å²) in [6.07, 6.45) is 3.64. The lowest BCUT2D eigenvalue weighted by Gasteiger charge is -2.15. The highest BCUT2D eigenvalue weighted by Crippen LogP contribution is 2.06. The quantitative estimate of drug-likeness (QED) is 0.688. The molecule has 11 heavy (non-hydrogen) atoms. The number of aromatic nitrogens is 2. The number of anilines is 1. The van der Waals surface area contributed by atoms with Gasteiger partial charge in [0.15, 0.2) is 0 Å². The summed E-state index contributed by atoms with van der Waals surface area (Å²) in [4.78, 5) is 2.08. The van der Waals surface area contributed by atoms with Gasteiger partial charge in [-0.3, -0.25) is 5.10 Å². The van der Waals surface area contributed by atoms with Crippen molar-refractivity contribution in [2.75, 3.05) is 32.2 Å². The highest BCUT2D eigenvalue weighted by Gasteiger charge is 1.99. The van der Waals surface area contributed by atoms with Gasteiger partial charge in [0.2, 0.25) is 0 Å². The molecule has 0 fully saturated rings. The molecule has 0 radical (unpaired) electrons. The maximum absolute atomic E-state index is 4.94. The van der Waals surface area contributed by atoms with E-state index in [0.29, 0.717) is 0 Å². The first-order valence-electron chi connectivity index (χ1n) is 3.53. The maximum atomic E-state index is 4.94. The van der Waals surface area contributed by atoms with E-state index in [1.54, 1.807) is 13.3 Å². The Morgan fingerprint density at radius 1 is 1.73 bits per heavy atom. The van der Waals surface area contributed by atoms with Gasteiger partial charge in [0.05, 0.1) is 18.5 Å². The van der Waals surface area contributed by atoms with Gasteiger partial charge in [-0.05, 0) is 0 Å². The van der Waals surface area contributed by atoms with E-state index in [1.165, 1.54) is 0 Å². The SMILES string of the molecule is COCCN(C)c1cn[nH]c1. The lowest BCUT2D eigenvalue weighted by Crippen LogP contribution is -2.21. The number of nitrogens with one attached hydrogen (secondary N) is 1. The van der Waals surface area contributed by atoms with E-state index in [0.717, 1.165) is 18.8 Å². The number of rotatable bonds is 4. The van der Waals surface area contributed by atoms with E-state index in [-0.39, 0.29) is 0 Å². The second kappa shape index (κ2) is 3.98. The Morgan fingerprint density at radius 2 is 2.55 bits per heavy atom. The van der Waals surface area contributed by atoms with Crippen LogP contribution in [-0.2, 0) is 4.74 Å². The topological polar surface area (TPSA) is 41.1 Å². The Balaban J connectivity index is 2.36. The third kappa shape index (κ3) is 2.23. The van der Waals surface area contributed by atoms with Gasteiger partial charge in [0.25, 0.3) is 0 Å². The lowest BCUT2D eigenvalue weighted by molar-refractivity contribution is 0.206. The summed E-state index contributed by atoms with van der Waals surface area (Å²) in [7, 11) is 3.70. The molecule has 1 rings (SSSR count). The number of hydrogen-bond donors (Lipinski definition) is 1. The van der Waals surface area contributed by atoms with E-state index in [9.17, 15) is 0 Å². The third-order valence-corrected chi connectivity index (χ3v) is 1.56. The molecule has 0 unspecified atom stereocenters. The van der Waals surface area contributed by atoms with Gasteiger partial charge in [0, 0.05) is 26.9 Å². The molecule has 0 aliphatic carbocycles. The predicted octanol–water partition coefficient (Wildman–Crippen LogP) is 0.492. The third-order valence-electron chi connectivity index (χ3n) is 1.56. The zero-order valence-electron chi connectivity index (χ0n) is 6.87. The van der Waals surface area contributed by atoms with E-state index in [2.05, 4.69) is 15.1 Å². The van der Waals surface area contributed by atoms with Gasteiger partial charge in [-0.2, -0.15) is 5.10 Å². The van der Waals surface area contributed by atoms with Crippen molar-refractivity contribution in [2.45, 2.75) is 0 Å². The zero-order chi connectivity index (χ0) is 8.10. The minimum Gasteiger partial charge on any atom is -0.383 e. The van der Waals surface area contributed by atoms with Crippen LogP contribution in [0.4, 0.5) is 5.69 Å². The Bertz CT molecular complexity index is 186. The van der Waals surface area contributed by atoms with Gasteiger partial charge in [-0.25, -0.2) is 0 Å². The van der Waals surface area contributed by atoms with Crippen LogP contribution in [0.15, 0.2) is 12.4 Å². The molecule has 0 saturated carbocycles. The van der Waals surface area contributed by atoms with E-state index < -0.39 is 0 Å². The number of ether oxygens (including phenoxy) is 1. The van der Waals surface area contributed by atoms with Crippen LogP contribution < -0.4 is 4.90 Å². The molecule has 0 aliphatic heterocycles. The molecular weight excluding hydrogens is 142 g/mol. The summed E-state index contributed by atoms with van der Waals surface area (Å²) >= 11 is 0. The standard InChI is InChI=1S/C7H13N3O/c1-10(3-4-11-2)7-5-8-9-6-7/h5-6H,3-4H2,1-2H3,(H,8,9). The highest BCUT2D eigenvalue weighted by atomic mass is 16.5. The molecule has 4 heteroatoms. The molecule has 0 atom stereocenters. The normalized spacial score (nSPS) is 10.0. The summed E-state index contributed by atoms with van der Waals surface area (Å²) in [5.74, 6) is 0. The number of nitrogens with zero attached hydrogens (tertiary/aromatic N) is 2. The monoisotopic (exact) mass is 155 g/mol.